The van der Waals surface area contributed by atoms with Gasteiger partial charge >= 0.3 is 0 Å². The van der Waals surface area contributed by atoms with E-state index in [2.05, 4.69) is 88.4 Å². The van der Waals surface area contributed by atoms with Gasteiger partial charge in [0.2, 0.25) is 0 Å². The molecule has 0 spiro atoms. The van der Waals surface area contributed by atoms with E-state index < -0.39 is 8.32 Å². The second-order valence-electron chi connectivity index (χ2n) is 8.64. The van der Waals surface area contributed by atoms with Crippen molar-refractivity contribution in [2.75, 3.05) is 0 Å². The molecule has 2 unspecified atom stereocenters. The first-order valence-electron chi connectivity index (χ1n) is 10.1. The Morgan fingerprint density at radius 1 is 0.889 bits per heavy atom. The SMILES string of the molecule is CC(C=O)CCCC(C)O[Si](c1ccccc1)(c1ccccc1)C(C)(C)C. The Bertz CT molecular complexity index is 652. The first kappa shape index (κ1) is 21.6. The van der Waals surface area contributed by atoms with Gasteiger partial charge in [0.25, 0.3) is 8.32 Å². The van der Waals surface area contributed by atoms with Crippen LogP contribution < -0.4 is 10.4 Å². The van der Waals surface area contributed by atoms with E-state index in [1.54, 1.807) is 0 Å². The summed E-state index contributed by atoms with van der Waals surface area (Å²) >= 11 is 0. The molecule has 27 heavy (non-hydrogen) atoms. The van der Waals surface area contributed by atoms with Gasteiger partial charge in [-0.3, -0.25) is 0 Å². The molecule has 0 saturated heterocycles. The van der Waals surface area contributed by atoms with Gasteiger partial charge in [-0.2, -0.15) is 0 Å². The number of carbonyl (C=O) groups is 1. The Labute approximate surface area is 166 Å². The minimum absolute atomic E-state index is 0.0000542. The van der Waals surface area contributed by atoms with Crippen molar-refractivity contribution in [2.45, 2.75) is 65.0 Å². The Kier molecular flexibility index (Phi) is 7.57. The second-order valence-corrected chi connectivity index (χ2v) is 12.9. The third kappa shape index (κ3) is 5.17. The van der Waals surface area contributed by atoms with Crippen LogP contribution in [0.1, 0.15) is 53.9 Å². The predicted octanol–water partition coefficient (Wildman–Crippen LogP) is 4.96. The molecule has 2 aromatic rings. The van der Waals surface area contributed by atoms with Crippen molar-refractivity contribution in [3.63, 3.8) is 0 Å². The number of hydrogen-bond donors (Lipinski definition) is 0. The molecule has 146 valence electrons. The lowest BCUT2D eigenvalue weighted by Gasteiger charge is -2.44. The topological polar surface area (TPSA) is 26.3 Å². The number of aldehydes is 1. The van der Waals surface area contributed by atoms with E-state index in [0.717, 1.165) is 25.5 Å². The molecule has 0 N–H and O–H groups in total. The summed E-state index contributed by atoms with van der Waals surface area (Å²) in [4.78, 5) is 10.9. The summed E-state index contributed by atoms with van der Waals surface area (Å²) in [6.07, 6.45) is 4.11. The molecule has 3 heteroatoms. The Balaban J connectivity index is 2.39. The fraction of sp³-hybridized carbons (Fsp3) is 0.458. The Hall–Kier alpha value is -1.71. The van der Waals surface area contributed by atoms with Crippen molar-refractivity contribution in [3.8, 4) is 0 Å². The van der Waals surface area contributed by atoms with E-state index in [1.807, 2.05) is 6.92 Å². The van der Waals surface area contributed by atoms with Gasteiger partial charge in [-0.05, 0) is 35.2 Å². The first-order valence-corrected chi connectivity index (χ1v) is 12.0. The van der Waals surface area contributed by atoms with Crippen LogP contribution in [-0.2, 0) is 9.22 Å². The lowest BCUT2D eigenvalue weighted by Crippen LogP contribution is -2.67. The van der Waals surface area contributed by atoms with Crippen molar-refractivity contribution in [1.82, 2.24) is 0 Å². The summed E-state index contributed by atoms with van der Waals surface area (Å²) in [7, 11) is -2.47. The van der Waals surface area contributed by atoms with Crippen molar-refractivity contribution in [3.05, 3.63) is 60.7 Å². The molecule has 0 saturated carbocycles. The van der Waals surface area contributed by atoms with Gasteiger partial charge in [0.1, 0.15) is 6.29 Å². The van der Waals surface area contributed by atoms with E-state index in [0.29, 0.717) is 0 Å². The lowest BCUT2D eigenvalue weighted by molar-refractivity contribution is -0.110. The van der Waals surface area contributed by atoms with Crippen molar-refractivity contribution in [2.24, 2.45) is 5.92 Å². The molecule has 2 atom stereocenters. The highest BCUT2D eigenvalue weighted by atomic mass is 28.4. The molecular formula is C24H34O2Si. The molecule has 2 nitrogen and oxygen atoms in total. The number of benzene rings is 2. The summed E-state index contributed by atoms with van der Waals surface area (Å²) in [6.45, 7) is 11.1. The van der Waals surface area contributed by atoms with Crippen LogP contribution in [0.5, 0.6) is 0 Å². The summed E-state index contributed by atoms with van der Waals surface area (Å²) in [5.74, 6) is 0.130. The van der Waals surface area contributed by atoms with Crippen LogP contribution >= 0.6 is 0 Å². The molecule has 0 aromatic heterocycles. The van der Waals surface area contributed by atoms with Crippen molar-refractivity contribution < 1.29 is 9.22 Å². The van der Waals surface area contributed by atoms with Crippen LogP contribution in [0.25, 0.3) is 0 Å². The largest absolute Gasteiger partial charge is 0.405 e. The Morgan fingerprint density at radius 2 is 1.37 bits per heavy atom. The minimum Gasteiger partial charge on any atom is -0.405 e. The number of hydrogen-bond acceptors (Lipinski definition) is 2. The van der Waals surface area contributed by atoms with Crippen molar-refractivity contribution in [1.29, 1.82) is 0 Å². The van der Waals surface area contributed by atoms with Crippen LogP contribution in [-0.4, -0.2) is 20.7 Å². The monoisotopic (exact) mass is 382 g/mol. The molecule has 0 aliphatic carbocycles. The summed E-state index contributed by atoms with van der Waals surface area (Å²) < 4.78 is 7.04. The van der Waals surface area contributed by atoms with Crippen LogP contribution in [0, 0.1) is 5.92 Å². The van der Waals surface area contributed by atoms with Crippen LogP contribution in [0.4, 0.5) is 0 Å². The molecule has 0 bridgehead atoms. The zero-order chi connectivity index (χ0) is 19.9. The molecule has 0 aliphatic heterocycles. The fourth-order valence-electron chi connectivity index (χ4n) is 3.85. The van der Waals surface area contributed by atoms with Gasteiger partial charge in [0.05, 0.1) is 0 Å². The van der Waals surface area contributed by atoms with Gasteiger partial charge in [0.15, 0.2) is 0 Å². The molecule has 0 radical (unpaired) electrons. The predicted molar refractivity (Wildman–Crippen MR) is 117 cm³/mol. The highest BCUT2D eigenvalue weighted by Gasteiger charge is 2.50. The smallest absolute Gasteiger partial charge is 0.261 e. The molecule has 0 aliphatic rings. The summed E-state index contributed by atoms with van der Waals surface area (Å²) in [6, 6.07) is 21.5. The number of rotatable bonds is 9. The fourth-order valence-corrected chi connectivity index (χ4v) is 8.58. The van der Waals surface area contributed by atoms with Gasteiger partial charge in [0, 0.05) is 12.0 Å². The minimum atomic E-state index is -2.47. The lowest BCUT2D eigenvalue weighted by atomic mass is 10.0. The highest BCUT2D eigenvalue weighted by Crippen LogP contribution is 2.37. The maximum atomic E-state index is 10.9. The van der Waals surface area contributed by atoms with Crippen LogP contribution in [0.2, 0.25) is 5.04 Å². The molecule has 2 aromatic carbocycles. The van der Waals surface area contributed by atoms with Crippen LogP contribution in [0.15, 0.2) is 60.7 Å². The maximum Gasteiger partial charge on any atom is 0.261 e. The van der Waals surface area contributed by atoms with Crippen LogP contribution in [0.3, 0.4) is 0 Å². The highest BCUT2D eigenvalue weighted by molar-refractivity contribution is 6.99. The van der Waals surface area contributed by atoms with E-state index in [-0.39, 0.29) is 17.1 Å². The third-order valence-electron chi connectivity index (χ3n) is 5.30. The molecule has 0 amide bonds. The number of carbonyl (C=O) groups excluding carboxylic acids is 1. The normalized spacial score (nSPS) is 14.6. The quantitative estimate of drug-likeness (QED) is 0.453. The maximum absolute atomic E-state index is 10.9. The summed E-state index contributed by atoms with van der Waals surface area (Å²) in [5, 5.41) is 2.63. The molecular weight excluding hydrogens is 348 g/mol. The summed E-state index contributed by atoms with van der Waals surface area (Å²) in [5.41, 5.74) is 0. The van der Waals surface area contributed by atoms with E-state index in [9.17, 15) is 4.79 Å². The molecule has 0 fully saturated rings. The van der Waals surface area contributed by atoms with E-state index in [4.69, 9.17) is 4.43 Å². The first-order chi connectivity index (χ1) is 12.8. The van der Waals surface area contributed by atoms with Gasteiger partial charge in [-0.1, -0.05) is 94.8 Å². The molecule has 2 rings (SSSR count). The van der Waals surface area contributed by atoms with E-state index in [1.165, 1.54) is 10.4 Å². The van der Waals surface area contributed by atoms with Crippen molar-refractivity contribution >= 4 is 25.0 Å². The second kappa shape index (κ2) is 9.47. The zero-order valence-corrected chi connectivity index (χ0v) is 18.4. The van der Waals surface area contributed by atoms with E-state index >= 15 is 0 Å². The third-order valence-corrected chi connectivity index (χ3v) is 10.5. The average Bonchev–Trinajstić information content (AvgIpc) is 2.66. The average molecular weight is 383 g/mol. The standard InChI is InChI=1S/C24H34O2Si/c1-20(19-25)13-12-14-21(2)26-27(24(3,4)5,22-15-8-6-9-16-22)23-17-10-7-11-18-23/h6-11,15-21H,12-14H2,1-5H3. The molecule has 0 heterocycles. The van der Waals surface area contributed by atoms with Gasteiger partial charge in [-0.15, -0.1) is 0 Å². The Morgan fingerprint density at radius 3 is 1.78 bits per heavy atom. The van der Waals surface area contributed by atoms with Gasteiger partial charge in [-0.25, -0.2) is 0 Å². The van der Waals surface area contributed by atoms with Gasteiger partial charge < -0.3 is 9.22 Å². The zero-order valence-electron chi connectivity index (χ0n) is 17.4.